The van der Waals surface area contributed by atoms with Crippen LogP contribution in [-0.2, 0) is 6.54 Å². The Hall–Kier alpha value is -2.36. The fourth-order valence-electron chi connectivity index (χ4n) is 2.02. The number of aromatic hydroxyl groups is 1. The second-order valence-electron chi connectivity index (χ2n) is 4.53. The molecule has 4 heteroatoms. The number of phenolic OH excluding ortho intramolecular Hbond substituents is 1. The summed E-state index contributed by atoms with van der Waals surface area (Å²) in [6.07, 6.45) is 0. The minimum atomic E-state index is 0.253. The van der Waals surface area contributed by atoms with Crippen LogP contribution in [0.15, 0.2) is 36.4 Å². The maximum atomic E-state index is 9.83. The molecule has 0 aliphatic carbocycles. The van der Waals surface area contributed by atoms with Gasteiger partial charge in [-0.15, -0.1) is 0 Å². The summed E-state index contributed by atoms with van der Waals surface area (Å²) in [6, 6.07) is 11.1. The first-order valence-electron chi connectivity index (χ1n) is 6.38. The molecular formula is C16H19NO3. The first-order chi connectivity index (χ1) is 9.63. The number of aryl methyl sites for hydroxylation is 1. The van der Waals surface area contributed by atoms with Crippen molar-refractivity contribution in [3.63, 3.8) is 0 Å². The van der Waals surface area contributed by atoms with Crippen molar-refractivity contribution in [2.45, 2.75) is 13.5 Å². The van der Waals surface area contributed by atoms with Gasteiger partial charge in [0.1, 0.15) is 17.2 Å². The zero-order valence-electron chi connectivity index (χ0n) is 11.9. The quantitative estimate of drug-likeness (QED) is 0.877. The Kier molecular flexibility index (Phi) is 4.35. The average Bonchev–Trinajstić information content (AvgIpc) is 2.46. The van der Waals surface area contributed by atoms with Crippen molar-refractivity contribution in [3.05, 3.63) is 47.5 Å². The van der Waals surface area contributed by atoms with Crippen LogP contribution in [0.2, 0.25) is 0 Å². The van der Waals surface area contributed by atoms with Crippen molar-refractivity contribution in [1.82, 2.24) is 0 Å². The van der Waals surface area contributed by atoms with Gasteiger partial charge in [0, 0.05) is 17.8 Å². The standard InChI is InChI=1S/C16H19NO3/c1-11-8-13(4-7-16(11)20-3)17-10-12-9-14(19-2)5-6-15(12)18/h4-9,17-18H,10H2,1-3H3. The second kappa shape index (κ2) is 6.19. The van der Waals surface area contributed by atoms with Crippen LogP contribution in [0.1, 0.15) is 11.1 Å². The van der Waals surface area contributed by atoms with Crippen LogP contribution < -0.4 is 14.8 Å². The SMILES string of the molecule is COc1ccc(O)c(CNc2ccc(OC)c(C)c2)c1. The van der Waals surface area contributed by atoms with Gasteiger partial charge in [0.2, 0.25) is 0 Å². The second-order valence-corrected chi connectivity index (χ2v) is 4.53. The van der Waals surface area contributed by atoms with Crippen LogP contribution in [0.4, 0.5) is 5.69 Å². The van der Waals surface area contributed by atoms with Gasteiger partial charge in [-0.3, -0.25) is 0 Å². The molecule has 2 rings (SSSR count). The Labute approximate surface area is 119 Å². The molecule has 0 aromatic heterocycles. The maximum Gasteiger partial charge on any atom is 0.121 e. The lowest BCUT2D eigenvalue weighted by atomic mass is 10.1. The molecule has 2 aromatic rings. The van der Waals surface area contributed by atoms with Crippen LogP contribution in [0.25, 0.3) is 0 Å². The van der Waals surface area contributed by atoms with E-state index in [1.807, 2.05) is 31.2 Å². The highest BCUT2D eigenvalue weighted by Gasteiger charge is 2.04. The number of phenols is 1. The van der Waals surface area contributed by atoms with E-state index >= 15 is 0 Å². The van der Waals surface area contributed by atoms with Crippen LogP contribution in [0.3, 0.4) is 0 Å². The number of methoxy groups -OCH3 is 2. The summed E-state index contributed by atoms with van der Waals surface area (Å²) >= 11 is 0. The van der Waals surface area contributed by atoms with E-state index in [2.05, 4.69) is 5.32 Å². The molecule has 4 nitrogen and oxygen atoms in total. The highest BCUT2D eigenvalue weighted by atomic mass is 16.5. The van der Waals surface area contributed by atoms with Gasteiger partial charge in [-0.25, -0.2) is 0 Å². The molecule has 0 bridgehead atoms. The first-order valence-corrected chi connectivity index (χ1v) is 6.38. The summed E-state index contributed by atoms with van der Waals surface area (Å²) in [5.41, 5.74) is 2.83. The molecular weight excluding hydrogens is 254 g/mol. The number of nitrogens with one attached hydrogen (secondary N) is 1. The summed E-state index contributed by atoms with van der Waals surface area (Å²) in [5.74, 6) is 1.84. The van der Waals surface area contributed by atoms with Crippen molar-refractivity contribution in [3.8, 4) is 17.2 Å². The summed E-state index contributed by atoms with van der Waals surface area (Å²) in [7, 11) is 3.26. The molecule has 0 amide bonds. The third-order valence-electron chi connectivity index (χ3n) is 3.16. The van der Waals surface area contributed by atoms with E-state index in [1.165, 1.54) is 0 Å². The Balaban J connectivity index is 2.10. The molecule has 0 unspecified atom stereocenters. The van der Waals surface area contributed by atoms with E-state index in [0.29, 0.717) is 6.54 Å². The molecule has 2 aromatic carbocycles. The molecule has 2 N–H and O–H groups in total. The minimum absolute atomic E-state index is 0.253. The highest BCUT2D eigenvalue weighted by molar-refractivity contribution is 5.52. The molecule has 0 spiro atoms. The lowest BCUT2D eigenvalue weighted by molar-refractivity contribution is 0.411. The number of ether oxygens (including phenoxy) is 2. The fourth-order valence-corrected chi connectivity index (χ4v) is 2.02. The Morgan fingerprint density at radius 1 is 1.05 bits per heavy atom. The normalized spacial score (nSPS) is 10.2. The number of rotatable bonds is 5. The average molecular weight is 273 g/mol. The van der Waals surface area contributed by atoms with Gasteiger partial charge >= 0.3 is 0 Å². The van der Waals surface area contributed by atoms with E-state index in [4.69, 9.17) is 9.47 Å². The van der Waals surface area contributed by atoms with Gasteiger partial charge in [-0.05, 0) is 48.9 Å². The third kappa shape index (κ3) is 3.15. The monoisotopic (exact) mass is 273 g/mol. The zero-order chi connectivity index (χ0) is 14.5. The van der Waals surface area contributed by atoms with Crippen molar-refractivity contribution in [2.75, 3.05) is 19.5 Å². The van der Waals surface area contributed by atoms with Crippen LogP contribution in [0.5, 0.6) is 17.2 Å². The van der Waals surface area contributed by atoms with E-state index < -0.39 is 0 Å². The van der Waals surface area contributed by atoms with Crippen LogP contribution in [-0.4, -0.2) is 19.3 Å². The first kappa shape index (κ1) is 14.1. The van der Waals surface area contributed by atoms with E-state index in [9.17, 15) is 5.11 Å². The maximum absolute atomic E-state index is 9.83. The lowest BCUT2D eigenvalue weighted by Gasteiger charge is -2.11. The Bertz CT molecular complexity index is 596. The van der Waals surface area contributed by atoms with Gasteiger partial charge in [-0.2, -0.15) is 0 Å². The van der Waals surface area contributed by atoms with Gasteiger partial charge in [0.05, 0.1) is 14.2 Å². The summed E-state index contributed by atoms with van der Waals surface area (Å²) < 4.78 is 10.4. The lowest BCUT2D eigenvalue weighted by Crippen LogP contribution is -2.01. The summed E-state index contributed by atoms with van der Waals surface area (Å²) in [6.45, 7) is 2.52. The van der Waals surface area contributed by atoms with Gasteiger partial charge in [0.25, 0.3) is 0 Å². The molecule has 0 aliphatic rings. The zero-order valence-corrected chi connectivity index (χ0v) is 11.9. The number of hydrogen-bond donors (Lipinski definition) is 2. The predicted octanol–water partition coefficient (Wildman–Crippen LogP) is 3.33. The van der Waals surface area contributed by atoms with Crippen LogP contribution in [0, 0.1) is 6.92 Å². The summed E-state index contributed by atoms with van der Waals surface area (Å²) in [4.78, 5) is 0. The molecule has 0 atom stereocenters. The molecule has 0 radical (unpaired) electrons. The molecule has 0 saturated heterocycles. The Morgan fingerprint density at radius 3 is 2.50 bits per heavy atom. The van der Waals surface area contributed by atoms with Crippen molar-refractivity contribution in [1.29, 1.82) is 0 Å². The van der Waals surface area contributed by atoms with E-state index in [-0.39, 0.29) is 5.75 Å². The molecule has 0 heterocycles. The number of hydrogen-bond acceptors (Lipinski definition) is 4. The molecule has 20 heavy (non-hydrogen) atoms. The smallest absolute Gasteiger partial charge is 0.121 e. The molecule has 0 aliphatic heterocycles. The molecule has 106 valence electrons. The predicted molar refractivity (Wildman–Crippen MR) is 79.7 cm³/mol. The summed E-state index contributed by atoms with van der Waals surface area (Å²) in [5, 5.41) is 13.1. The van der Waals surface area contributed by atoms with E-state index in [0.717, 1.165) is 28.3 Å². The van der Waals surface area contributed by atoms with Crippen LogP contribution >= 0.6 is 0 Å². The van der Waals surface area contributed by atoms with Crippen molar-refractivity contribution < 1.29 is 14.6 Å². The van der Waals surface area contributed by atoms with E-state index in [1.54, 1.807) is 26.4 Å². The number of benzene rings is 2. The van der Waals surface area contributed by atoms with Crippen molar-refractivity contribution in [2.24, 2.45) is 0 Å². The highest BCUT2D eigenvalue weighted by Crippen LogP contribution is 2.25. The topological polar surface area (TPSA) is 50.7 Å². The van der Waals surface area contributed by atoms with Gasteiger partial charge < -0.3 is 19.9 Å². The largest absolute Gasteiger partial charge is 0.508 e. The fraction of sp³-hybridized carbons (Fsp3) is 0.250. The van der Waals surface area contributed by atoms with Gasteiger partial charge in [-0.1, -0.05) is 0 Å². The minimum Gasteiger partial charge on any atom is -0.508 e. The Morgan fingerprint density at radius 2 is 1.85 bits per heavy atom. The van der Waals surface area contributed by atoms with Crippen molar-refractivity contribution >= 4 is 5.69 Å². The molecule has 0 fully saturated rings. The molecule has 0 saturated carbocycles. The number of anilines is 1. The third-order valence-corrected chi connectivity index (χ3v) is 3.16. The van der Waals surface area contributed by atoms with Gasteiger partial charge in [0.15, 0.2) is 0 Å².